The summed E-state index contributed by atoms with van der Waals surface area (Å²) in [4.78, 5) is 6.84. The molecule has 0 aromatic carbocycles. The average Bonchev–Trinajstić information content (AvgIpc) is 2.58. The summed E-state index contributed by atoms with van der Waals surface area (Å²) in [5.74, 6) is 1.54. The standard InChI is InChI=1S/C15H16N6O/c1-11-13(18-14-4-2-12(10-16)19-20-14)3-5-15(17-11)21-6-8-22-9-7-21/h2-5H,6-9H2,1H3,(H,18,20). The van der Waals surface area contributed by atoms with Gasteiger partial charge in [0.25, 0.3) is 0 Å². The van der Waals surface area contributed by atoms with Gasteiger partial charge in [-0.05, 0) is 31.2 Å². The van der Waals surface area contributed by atoms with Crippen LogP contribution in [0.1, 0.15) is 11.4 Å². The van der Waals surface area contributed by atoms with Gasteiger partial charge in [-0.15, -0.1) is 10.2 Å². The molecule has 1 N–H and O–H groups in total. The van der Waals surface area contributed by atoms with Crippen molar-refractivity contribution in [2.45, 2.75) is 6.92 Å². The molecule has 112 valence electrons. The summed E-state index contributed by atoms with van der Waals surface area (Å²) < 4.78 is 5.35. The van der Waals surface area contributed by atoms with Crippen molar-refractivity contribution in [1.29, 1.82) is 5.26 Å². The van der Waals surface area contributed by atoms with Crippen LogP contribution in [0.4, 0.5) is 17.3 Å². The molecule has 1 saturated heterocycles. The third-order valence-corrected chi connectivity index (χ3v) is 3.45. The Labute approximate surface area is 128 Å². The lowest BCUT2D eigenvalue weighted by Gasteiger charge is -2.28. The predicted molar refractivity (Wildman–Crippen MR) is 82.0 cm³/mol. The van der Waals surface area contributed by atoms with Gasteiger partial charge in [-0.25, -0.2) is 4.98 Å². The van der Waals surface area contributed by atoms with Crippen molar-refractivity contribution in [3.63, 3.8) is 0 Å². The van der Waals surface area contributed by atoms with E-state index in [1.807, 2.05) is 25.1 Å². The fraction of sp³-hybridized carbons (Fsp3) is 0.333. The van der Waals surface area contributed by atoms with E-state index < -0.39 is 0 Å². The van der Waals surface area contributed by atoms with Gasteiger partial charge in [0.05, 0.1) is 24.6 Å². The van der Waals surface area contributed by atoms with Crippen LogP contribution in [0.5, 0.6) is 0 Å². The fourth-order valence-electron chi connectivity index (χ4n) is 2.25. The van der Waals surface area contributed by atoms with Crippen LogP contribution >= 0.6 is 0 Å². The van der Waals surface area contributed by atoms with E-state index in [-0.39, 0.29) is 0 Å². The molecule has 7 heteroatoms. The Bertz CT molecular complexity index is 688. The van der Waals surface area contributed by atoms with Gasteiger partial charge in [0.15, 0.2) is 11.5 Å². The van der Waals surface area contributed by atoms with E-state index in [0.717, 1.165) is 43.5 Å². The summed E-state index contributed by atoms with van der Waals surface area (Å²) in [5, 5.41) is 19.6. The zero-order chi connectivity index (χ0) is 15.4. The third kappa shape index (κ3) is 3.13. The van der Waals surface area contributed by atoms with Gasteiger partial charge < -0.3 is 15.0 Å². The molecular formula is C15H16N6O. The van der Waals surface area contributed by atoms with E-state index in [4.69, 9.17) is 10.00 Å². The molecule has 0 radical (unpaired) electrons. The number of rotatable bonds is 3. The second-order valence-corrected chi connectivity index (χ2v) is 4.94. The first-order valence-electron chi connectivity index (χ1n) is 7.07. The highest BCUT2D eigenvalue weighted by molar-refractivity contribution is 5.61. The molecule has 0 spiro atoms. The van der Waals surface area contributed by atoms with Crippen LogP contribution < -0.4 is 10.2 Å². The SMILES string of the molecule is Cc1nc(N2CCOCC2)ccc1Nc1ccc(C#N)nn1. The van der Waals surface area contributed by atoms with Crippen LogP contribution in [0.25, 0.3) is 0 Å². The minimum Gasteiger partial charge on any atom is -0.378 e. The molecule has 2 aromatic heterocycles. The molecule has 3 rings (SSSR count). The van der Waals surface area contributed by atoms with E-state index in [1.165, 1.54) is 0 Å². The number of ether oxygens (including phenoxy) is 1. The molecule has 7 nitrogen and oxygen atoms in total. The second kappa shape index (κ2) is 6.37. The van der Waals surface area contributed by atoms with Crippen LogP contribution in [-0.2, 0) is 4.74 Å². The highest BCUT2D eigenvalue weighted by atomic mass is 16.5. The summed E-state index contributed by atoms with van der Waals surface area (Å²) in [6, 6.07) is 9.26. The zero-order valence-corrected chi connectivity index (χ0v) is 12.3. The van der Waals surface area contributed by atoms with E-state index >= 15 is 0 Å². The molecule has 0 aliphatic carbocycles. The maximum absolute atomic E-state index is 8.72. The first-order chi connectivity index (χ1) is 10.8. The normalized spacial score (nSPS) is 14.5. The van der Waals surface area contributed by atoms with Crippen molar-refractivity contribution < 1.29 is 4.74 Å². The molecule has 2 aromatic rings. The fourth-order valence-corrected chi connectivity index (χ4v) is 2.25. The lowest BCUT2D eigenvalue weighted by molar-refractivity contribution is 0.122. The number of aromatic nitrogens is 3. The highest BCUT2D eigenvalue weighted by Crippen LogP contribution is 2.22. The quantitative estimate of drug-likeness (QED) is 0.921. The maximum Gasteiger partial charge on any atom is 0.163 e. The van der Waals surface area contributed by atoms with Gasteiger partial charge in [-0.1, -0.05) is 0 Å². The van der Waals surface area contributed by atoms with Crippen molar-refractivity contribution in [1.82, 2.24) is 15.2 Å². The molecule has 1 fully saturated rings. The molecule has 0 saturated carbocycles. The number of aryl methyl sites for hydroxylation is 1. The summed E-state index contributed by atoms with van der Waals surface area (Å²) in [5.41, 5.74) is 2.05. The number of nitriles is 1. The van der Waals surface area contributed by atoms with Crippen LogP contribution in [0.3, 0.4) is 0 Å². The Morgan fingerprint density at radius 2 is 2.00 bits per heavy atom. The third-order valence-electron chi connectivity index (χ3n) is 3.45. The van der Waals surface area contributed by atoms with Crippen LogP contribution in [0.15, 0.2) is 24.3 Å². The molecule has 22 heavy (non-hydrogen) atoms. The molecule has 0 unspecified atom stereocenters. The number of pyridine rings is 1. The topological polar surface area (TPSA) is 87.0 Å². The van der Waals surface area contributed by atoms with Gasteiger partial charge in [0, 0.05) is 13.1 Å². The Morgan fingerprint density at radius 3 is 2.64 bits per heavy atom. The summed E-state index contributed by atoms with van der Waals surface area (Å²) >= 11 is 0. The van der Waals surface area contributed by atoms with Crippen LogP contribution in [0, 0.1) is 18.3 Å². The summed E-state index contributed by atoms with van der Waals surface area (Å²) in [6.07, 6.45) is 0. The Hall–Kier alpha value is -2.72. The van der Waals surface area contributed by atoms with Crippen LogP contribution in [-0.4, -0.2) is 41.5 Å². The lowest BCUT2D eigenvalue weighted by atomic mass is 10.3. The lowest BCUT2D eigenvalue weighted by Crippen LogP contribution is -2.36. The number of hydrogen-bond acceptors (Lipinski definition) is 7. The average molecular weight is 296 g/mol. The minimum absolute atomic E-state index is 0.295. The van der Waals surface area contributed by atoms with Gasteiger partial charge in [-0.2, -0.15) is 5.26 Å². The monoisotopic (exact) mass is 296 g/mol. The van der Waals surface area contributed by atoms with E-state index in [1.54, 1.807) is 12.1 Å². The van der Waals surface area contributed by atoms with Gasteiger partial charge >= 0.3 is 0 Å². The zero-order valence-electron chi connectivity index (χ0n) is 12.3. The van der Waals surface area contributed by atoms with E-state index in [0.29, 0.717) is 11.5 Å². The van der Waals surface area contributed by atoms with Crippen molar-refractivity contribution in [3.8, 4) is 6.07 Å². The van der Waals surface area contributed by atoms with Gasteiger partial charge in [-0.3, -0.25) is 0 Å². The smallest absolute Gasteiger partial charge is 0.163 e. The Kier molecular flexibility index (Phi) is 4.12. The minimum atomic E-state index is 0.295. The van der Waals surface area contributed by atoms with Gasteiger partial charge in [0.1, 0.15) is 11.9 Å². The molecule has 1 aliphatic rings. The van der Waals surface area contributed by atoms with Crippen molar-refractivity contribution in [2.24, 2.45) is 0 Å². The van der Waals surface area contributed by atoms with Crippen molar-refractivity contribution >= 4 is 17.3 Å². The van der Waals surface area contributed by atoms with Crippen molar-refractivity contribution in [2.75, 3.05) is 36.5 Å². The maximum atomic E-state index is 8.72. The predicted octanol–water partition coefficient (Wildman–Crippen LogP) is 1.63. The Balaban J connectivity index is 1.75. The van der Waals surface area contributed by atoms with Gasteiger partial charge in [0.2, 0.25) is 0 Å². The van der Waals surface area contributed by atoms with Crippen LogP contribution in [0.2, 0.25) is 0 Å². The number of nitrogens with one attached hydrogen (secondary N) is 1. The molecule has 0 amide bonds. The first kappa shape index (κ1) is 14.2. The molecule has 3 heterocycles. The van der Waals surface area contributed by atoms with Crippen molar-refractivity contribution in [3.05, 3.63) is 35.7 Å². The van der Waals surface area contributed by atoms with E-state index in [9.17, 15) is 0 Å². The number of anilines is 3. The summed E-state index contributed by atoms with van der Waals surface area (Å²) in [6.45, 7) is 5.15. The number of hydrogen-bond donors (Lipinski definition) is 1. The number of morpholine rings is 1. The largest absolute Gasteiger partial charge is 0.378 e. The molecule has 0 bridgehead atoms. The number of nitrogens with zero attached hydrogens (tertiary/aromatic N) is 5. The molecule has 0 atom stereocenters. The summed E-state index contributed by atoms with van der Waals surface area (Å²) in [7, 11) is 0. The second-order valence-electron chi connectivity index (χ2n) is 4.94. The molecular weight excluding hydrogens is 280 g/mol. The Morgan fingerprint density at radius 1 is 1.18 bits per heavy atom. The first-order valence-corrected chi connectivity index (χ1v) is 7.07. The molecule has 1 aliphatic heterocycles. The van der Waals surface area contributed by atoms with E-state index in [2.05, 4.69) is 25.4 Å². The highest BCUT2D eigenvalue weighted by Gasteiger charge is 2.13.